The van der Waals surface area contributed by atoms with Gasteiger partial charge >= 0.3 is 0 Å². The van der Waals surface area contributed by atoms with Gasteiger partial charge in [-0.3, -0.25) is 9.59 Å². The third-order valence-corrected chi connectivity index (χ3v) is 5.18. The molecule has 156 valence electrons. The summed E-state index contributed by atoms with van der Waals surface area (Å²) in [4.78, 5) is 33.3. The van der Waals surface area contributed by atoms with E-state index in [1.807, 2.05) is 42.0 Å². The van der Waals surface area contributed by atoms with Crippen molar-refractivity contribution in [1.29, 1.82) is 0 Å². The van der Waals surface area contributed by atoms with Gasteiger partial charge in [0, 0.05) is 35.9 Å². The molecular formula is C22H19BrN6O2. The normalized spacial score (nSPS) is 10.7. The Bertz CT molecular complexity index is 1260. The minimum absolute atomic E-state index is 0.269. The lowest BCUT2D eigenvalue weighted by molar-refractivity contribution is 0.101. The lowest BCUT2D eigenvalue weighted by atomic mass is 10.1. The van der Waals surface area contributed by atoms with E-state index in [0.29, 0.717) is 22.6 Å². The van der Waals surface area contributed by atoms with Crippen molar-refractivity contribution in [1.82, 2.24) is 19.1 Å². The summed E-state index contributed by atoms with van der Waals surface area (Å²) in [5.41, 5.74) is 3.87. The van der Waals surface area contributed by atoms with Crippen LogP contribution >= 0.6 is 15.9 Å². The first kappa shape index (κ1) is 20.5. The highest BCUT2D eigenvalue weighted by atomic mass is 79.9. The summed E-state index contributed by atoms with van der Waals surface area (Å²) in [5, 5.41) is 5.73. The van der Waals surface area contributed by atoms with Gasteiger partial charge in [0.15, 0.2) is 0 Å². The Morgan fingerprint density at radius 1 is 1.00 bits per heavy atom. The number of hydrogen-bond donors (Lipinski definition) is 2. The third kappa shape index (κ3) is 4.56. The number of rotatable bonds is 5. The molecule has 0 saturated heterocycles. The summed E-state index contributed by atoms with van der Waals surface area (Å²) in [6.07, 6.45) is 6.60. The predicted molar refractivity (Wildman–Crippen MR) is 122 cm³/mol. The number of carbonyl (C=O) groups excluding carboxylic acids is 2. The van der Waals surface area contributed by atoms with Gasteiger partial charge in [-0.25, -0.2) is 9.97 Å². The van der Waals surface area contributed by atoms with Crippen LogP contribution < -0.4 is 10.6 Å². The molecule has 0 aliphatic rings. The standard InChI is InChI=1S/C22H19BrN6O2/c1-14-3-4-15(9-18(14)27-22(31)19-10-24-12-28(19)2)21(30)26-16-5-7-17(8-6-16)29-11-20(23)25-13-29/h3-13H,1-2H3,(H,26,30)(H,27,31). The molecule has 0 fully saturated rings. The van der Waals surface area contributed by atoms with Gasteiger partial charge in [-0.15, -0.1) is 0 Å². The summed E-state index contributed by atoms with van der Waals surface area (Å²) in [6.45, 7) is 1.87. The summed E-state index contributed by atoms with van der Waals surface area (Å²) in [6, 6.07) is 12.6. The Labute approximate surface area is 187 Å². The second kappa shape index (κ2) is 8.57. The van der Waals surface area contributed by atoms with Gasteiger partial charge in [-0.05, 0) is 64.8 Å². The molecule has 0 saturated carbocycles. The van der Waals surface area contributed by atoms with E-state index in [9.17, 15) is 9.59 Å². The van der Waals surface area contributed by atoms with Crippen LogP contribution in [0.2, 0.25) is 0 Å². The molecule has 2 aromatic carbocycles. The van der Waals surface area contributed by atoms with Crippen molar-refractivity contribution < 1.29 is 9.59 Å². The number of aryl methyl sites for hydroxylation is 2. The number of aromatic nitrogens is 4. The highest BCUT2D eigenvalue weighted by Crippen LogP contribution is 2.20. The Kier molecular flexibility index (Phi) is 5.68. The van der Waals surface area contributed by atoms with Crippen LogP contribution in [0.25, 0.3) is 5.69 Å². The molecule has 0 aliphatic heterocycles. The number of amides is 2. The zero-order valence-electron chi connectivity index (χ0n) is 16.8. The van der Waals surface area contributed by atoms with Crippen LogP contribution in [-0.2, 0) is 7.05 Å². The van der Waals surface area contributed by atoms with E-state index in [1.165, 1.54) is 6.20 Å². The van der Waals surface area contributed by atoms with Gasteiger partial charge in [0.1, 0.15) is 16.6 Å². The van der Waals surface area contributed by atoms with E-state index in [-0.39, 0.29) is 11.8 Å². The van der Waals surface area contributed by atoms with Gasteiger partial charge < -0.3 is 19.8 Å². The van der Waals surface area contributed by atoms with Crippen LogP contribution in [0.1, 0.15) is 26.4 Å². The highest BCUT2D eigenvalue weighted by Gasteiger charge is 2.14. The number of imidazole rings is 2. The predicted octanol–water partition coefficient (Wildman–Crippen LogP) is 4.18. The zero-order valence-corrected chi connectivity index (χ0v) is 18.4. The van der Waals surface area contributed by atoms with E-state index in [1.54, 1.807) is 42.5 Å². The molecule has 2 aromatic heterocycles. The average molecular weight is 479 g/mol. The van der Waals surface area contributed by atoms with Crippen LogP contribution in [0, 0.1) is 6.92 Å². The molecule has 0 bridgehead atoms. The van der Waals surface area contributed by atoms with Crippen LogP contribution in [-0.4, -0.2) is 30.9 Å². The minimum Gasteiger partial charge on any atom is -0.330 e. The van der Waals surface area contributed by atoms with Crippen LogP contribution in [0.3, 0.4) is 0 Å². The van der Waals surface area contributed by atoms with Crippen molar-refractivity contribution in [3.8, 4) is 5.69 Å². The molecule has 0 aliphatic carbocycles. The van der Waals surface area contributed by atoms with Crippen molar-refractivity contribution in [2.24, 2.45) is 7.05 Å². The molecule has 4 rings (SSSR count). The molecule has 0 unspecified atom stereocenters. The fourth-order valence-electron chi connectivity index (χ4n) is 3.02. The highest BCUT2D eigenvalue weighted by molar-refractivity contribution is 9.10. The molecule has 0 atom stereocenters. The number of hydrogen-bond acceptors (Lipinski definition) is 4. The number of nitrogens with one attached hydrogen (secondary N) is 2. The topological polar surface area (TPSA) is 93.8 Å². The fourth-order valence-corrected chi connectivity index (χ4v) is 3.33. The molecule has 0 spiro atoms. The fraction of sp³-hybridized carbons (Fsp3) is 0.0909. The second-order valence-corrected chi connectivity index (χ2v) is 7.79. The van der Waals surface area contributed by atoms with E-state index in [0.717, 1.165) is 15.9 Å². The van der Waals surface area contributed by atoms with Gasteiger partial charge in [0.25, 0.3) is 11.8 Å². The summed E-state index contributed by atoms with van der Waals surface area (Å²) < 4.78 is 4.25. The summed E-state index contributed by atoms with van der Waals surface area (Å²) >= 11 is 3.32. The van der Waals surface area contributed by atoms with Crippen molar-refractivity contribution in [2.75, 3.05) is 10.6 Å². The van der Waals surface area contributed by atoms with Gasteiger partial charge in [0.05, 0.1) is 12.5 Å². The minimum atomic E-state index is -0.289. The SMILES string of the molecule is Cc1ccc(C(=O)Nc2ccc(-n3cnc(Br)c3)cc2)cc1NC(=O)c1cncn1C. The Balaban J connectivity index is 1.48. The zero-order chi connectivity index (χ0) is 22.0. The van der Waals surface area contributed by atoms with E-state index >= 15 is 0 Å². The summed E-state index contributed by atoms with van der Waals surface area (Å²) in [5.74, 6) is -0.559. The summed E-state index contributed by atoms with van der Waals surface area (Å²) in [7, 11) is 1.75. The van der Waals surface area contributed by atoms with Crippen LogP contribution in [0.5, 0.6) is 0 Å². The number of halogens is 1. The first-order valence-corrected chi connectivity index (χ1v) is 10.2. The molecule has 9 heteroatoms. The lowest BCUT2D eigenvalue weighted by Gasteiger charge is -2.12. The van der Waals surface area contributed by atoms with E-state index in [4.69, 9.17) is 0 Å². The van der Waals surface area contributed by atoms with Crippen molar-refractivity contribution in [3.63, 3.8) is 0 Å². The largest absolute Gasteiger partial charge is 0.330 e. The van der Waals surface area contributed by atoms with Crippen molar-refractivity contribution in [3.05, 3.63) is 88.9 Å². The van der Waals surface area contributed by atoms with E-state index < -0.39 is 0 Å². The second-order valence-electron chi connectivity index (χ2n) is 6.98. The monoisotopic (exact) mass is 478 g/mol. The molecule has 2 heterocycles. The van der Waals surface area contributed by atoms with Crippen LogP contribution in [0.15, 0.2) is 72.1 Å². The van der Waals surface area contributed by atoms with E-state index in [2.05, 4.69) is 36.5 Å². The quantitative estimate of drug-likeness (QED) is 0.449. The van der Waals surface area contributed by atoms with Crippen molar-refractivity contribution in [2.45, 2.75) is 6.92 Å². The molecule has 4 aromatic rings. The Hall–Kier alpha value is -3.72. The molecule has 2 amide bonds. The average Bonchev–Trinajstić information content (AvgIpc) is 3.38. The molecular weight excluding hydrogens is 460 g/mol. The van der Waals surface area contributed by atoms with Gasteiger partial charge in [-0.2, -0.15) is 0 Å². The maximum atomic E-state index is 12.7. The lowest BCUT2D eigenvalue weighted by Crippen LogP contribution is -2.17. The molecule has 31 heavy (non-hydrogen) atoms. The molecule has 0 radical (unpaired) electrons. The molecule has 2 N–H and O–H groups in total. The number of carbonyl (C=O) groups is 2. The Morgan fingerprint density at radius 3 is 2.42 bits per heavy atom. The maximum Gasteiger partial charge on any atom is 0.273 e. The third-order valence-electron chi connectivity index (χ3n) is 4.77. The van der Waals surface area contributed by atoms with Crippen LogP contribution in [0.4, 0.5) is 11.4 Å². The Morgan fingerprint density at radius 2 is 1.77 bits per heavy atom. The smallest absolute Gasteiger partial charge is 0.273 e. The molecule has 8 nitrogen and oxygen atoms in total. The van der Waals surface area contributed by atoms with Crippen molar-refractivity contribution >= 4 is 39.1 Å². The van der Waals surface area contributed by atoms with Gasteiger partial charge in [-0.1, -0.05) is 6.07 Å². The first-order valence-electron chi connectivity index (χ1n) is 9.40. The number of anilines is 2. The number of nitrogens with zero attached hydrogens (tertiary/aromatic N) is 4. The maximum absolute atomic E-state index is 12.7. The van der Waals surface area contributed by atoms with Gasteiger partial charge in [0.2, 0.25) is 0 Å². The first-order chi connectivity index (χ1) is 14.9. The number of benzene rings is 2.